The maximum absolute atomic E-state index is 3.75. The molecular formula is C14H28N2. The molecule has 0 saturated heterocycles. The van der Waals surface area contributed by atoms with Gasteiger partial charge in [-0.1, -0.05) is 26.2 Å². The highest BCUT2D eigenvalue weighted by molar-refractivity contribution is 4.84. The Hall–Kier alpha value is -0.0800. The van der Waals surface area contributed by atoms with Gasteiger partial charge in [0.05, 0.1) is 0 Å². The molecule has 0 radical (unpaired) electrons. The van der Waals surface area contributed by atoms with Crippen LogP contribution >= 0.6 is 0 Å². The molecule has 2 rings (SSSR count). The number of hydrogen-bond donors (Lipinski definition) is 1. The van der Waals surface area contributed by atoms with Crippen LogP contribution in [-0.4, -0.2) is 36.6 Å². The van der Waals surface area contributed by atoms with E-state index in [9.17, 15) is 0 Å². The van der Waals surface area contributed by atoms with Crippen molar-refractivity contribution in [2.45, 2.75) is 70.4 Å². The first-order valence-electron chi connectivity index (χ1n) is 7.37. The Bertz CT molecular complexity index is 183. The summed E-state index contributed by atoms with van der Waals surface area (Å²) in [5, 5.41) is 3.75. The summed E-state index contributed by atoms with van der Waals surface area (Å²) in [6.45, 7) is 6.08. The van der Waals surface area contributed by atoms with E-state index in [1.807, 2.05) is 0 Å². The summed E-state index contributed by atoms with van der Waals surface area (Å²) in [6, 6.07) is 1.77. The monoisotopic (exact) mass is 224 g/mol. The van der Waals surface area contributed by atoms with Gasteiger partial charge in [0, 0.05) is 25.2 Å². The average Bonchev–Trinajstić information content (AvgIpc) is 3.13. The van der Waals surface area contributed by atoms with E-state index < -0.39 is 0 Å². The molecule has 16 heavy (non-hydrogen) atoms. The van der Waals surface area contributed by atoms with Gasteiger partial charge in [-0.3, -0.25) is 4.90 Å². The molecule has 94 valence electrons. The minimum Gasteiger partial charge on any atom is -0.313 e. The van der Waals surface area contributed by atoms with Crippen LogP contribution in [0.5, 0.6) is 0 Å². The van der Waals surface area contributed by atoms with Gasteiger partial charge in [0.15, 0.2) is 0 Å². The Morgan fingerprint density at radius 3 is 2.38 bits per heavy atom. The number of nitrogens with one attached hydrogen (secondary N) is 1. The van der Waals surface area contributed by atoms with E-state index in [2.05, 4.69) is 17.1 Å². The van der Waals surface area contributed by atoms with Crippen molar-refractivity contribution in [3.63, 3.8) is 0 Å². The molecule has 0 spiro atoms. The van der Waals surface area contributed by atoms with Crippen molar-refractivity contribution in [3.05, 3.63) is 0 Å². The highest BCUT2D eigenvalue weighted by Crippen LogP contribution is 2.26. The summed E-state index contributed by atoms with van der Waals surface area (Å²) in [4.78, 5) is 2.69. The molecule has 0 atom stereocenters. The molecule has 0 aromatic heterocycles. The Kier molecular flexibility index (Phi) is 5.11. The largest absolute Gasteiger partial charge is 0.313 e. The molecule has 2 nitrogen and oxygen atoms in total. The first kappa shape index (κ1) is 12.4. The van der Waals surface area contributed by atoms with E-state index in [0.29, 0.717) is 0 Å². The van der Waals surface area contributed by atoms with Crippen LogP contribution in [0.25, 0.3) is 0 Å². The van der Waals surface area contributed by atoms with Crippen molar-refractivity contribution in [2.75, 3.05) is 19.6 Å². The molecule has 2 saturated carbocycles. The minimum atomic E-state index is 0.830. The minimum absolute atomic E-state index is 0.830. The van der Waals surface area contributed by atoms with Crippen molar-refractivity contribution in [3.8, 4) is 0 Å². The van der Waals surface area contributed by atoms with Crippen molar-refractivity contribution in [1.82, 2.24) is 10.2 Å². The SMILES string of the molecule is CCCN(CCNC1CCCCC1)C1CC1. The predicted octanol–water partition coefficient (Wildman–Crippen LogP) is 2.78. The zero-order valence-electron chi connectivity index (χ0n) is 10.9. The van der Waals surface area contributed by atoms with Gasteiger partial charge >= 0.3 is 0 Å². The van der Waals surface area contributed by atoms with Crippen LogP contribution in [0.2, 0.25) is 0 Å². The Balaban J connectivity index is 1.57. The first-order valence-corrected chi connectivity index (χ1v) is 7.37. The zero-order valence-corrected chi connectivity index (χ0v) is 10.9. The van der Waals surface area contributed by atoms with Crippen LogP contribution in [-0.2, 0) is 0 Å². The molecule has 0 heterocycles. The number of nitrogens with zero attached hydrogens (tertiary/aromatic N) is 1. The maximum Gasteiger partial charge on any atom is 0.0110 e. The van der Waals surface area contributed by atoms with E-state index in [-0.39, 0.29) is 0 Å². The summed E-state index contributed by atoms with van der Waals surface area (Å²) in [5.41, 5.74) is 0. The highest BCUT2D eigenvalue weighted by Gasteiger charge is 2.27. The second-order valence-electron chi connectivity index (χ2n) is 5.56. The quantitative estimate of drug-likeness (QED) is 0.715. The lowest BCUT2D eigenvalue weighted by Gasteiger charge is -2.26. The van der Waals surface area contributed by atoms with E-state index >= 15 is 0 Å². The van der Waals surface area contributed by atoms with E-state index in [1.54, 1.807) is 0 Å². The van der Waals surface area contributed by atoms with Crippen LogP contribution in [0.1, 0.15) is 58.3 Å². The predicted molar refractivity (Wildman–Crippen MR) is 69.8 cm³/mol. The molecule has 2 aliphatic rings. The summed E-state index contributed by atoms with van der Waals surface area (Å²) in [7, 11) is 0. The van der Waals surface area contributed by atoms with E-state index in [1.165, 1.54) is 71.0 Å². The van der Waals surface area contributed by atoms with Gasteiger partial charge in [-0.2, -0.15) is 0 Å². The molecular weight excluding hydrogens is 196 g/mol. The molecule has 2 aliphatic carbocycles. The summed E-state index contributed by atoms with van der Waals surface area (Å²) in [6.07, 6.45) is 11.4. The fourth-order valence-electron chi connectivity index (χ4n) is 2.92. The Morgan fingerprint density at radius 2 is 1.75 bits per heavy atom. The zero-order chi connectivity index (χ0) is 11.2. The Labute approximate surface area is 101 Å². The van der Waals surface area contributed by atoms with Gasteiger partial charge in [-0.25, -0.2) is 0 Å². The van der Waals surface area contributed by atoms with E-state index in [4.69, 9.17) is 0 Å². The third-order valence-electron chi connectivity index (χ3n) is 4.01. The van der Waals surface area contributed by atoms with Crippen molar-refractivity contribution in [1.29, 1.82) is 0 Å². The molecule has 0 aromatic carbocycles. The third kappa shape index (κ3) is 4.06. The molecule has 0 aromatic rings. The van der Waals surface area contributed by atoms with Gasteiger partial charge < -0.3 is 5.32 Å². The van der Waals surface area contributed by atoms with Crippen LogP contribution in [0.3, 0.4) is 0 Å². The number of hydrogen-bond acceptors (Lipinski definition) is 2. The van der Waals surface area contributed by atoms with Crippen LogP contribution in [0.15, 0.2) is 0 Å². The fraction of sp³-hybridized carbons (Fsp3) is 1.00. The molecule has 0 aliphatic heterocycles. The van der Waals surface area contributed by atoms with Gasteiger partial charge in [-0.15, -0.1) is 0 Å². The molecule has 1 N–H and O–H groups in total. The first-order chi connectivity index (χ1) is 7.90. The van der Waals surface area contributed by atoms with Gasteiger partial charge in [-0.05, 0) is 38.6 Å². The summed E-state index contributed by atoms with van der Waals surface area (Å²) in [5.74, 6) is 0. The van der Waals surface area contributed by atoms with Crippen molar-refractivity contribution in [2.24, 2.45) is 0 Å². The second-order valence-corrected chi connectivity index (χ2v) is 5.56. The standard InChI is InChI=1S/C14H28N2/c1-2-11-16(14-8-9-14)12-10-15-13-6-4-3-5-7-13/h13-15H,2-12H2,1H3. The smallest absolute Gasteiger partial charge is 0.0110 e. The Morgan fingerprint density at radius 1 is 1.00 bits per heavy atom. The lowest BCUT2D eigenvalue weighted by Crippen LogP contribution is -2.39. The van der Waals surface area contributed by atoms with Crippen LogP contribution in [0, 0.1) is 0 Å². The number of rotatable bonds is 7. The topological polar surface area (TPSA) is 15.3 Å². The summed E-state index contributed by atoms with van der Waals surface area (Å²) < 4.78 is 0. The second kappa shape index (κ2) is 6.61. The fourth-order valence-corrected chi connectivity index (χ4v) is 2.92. The van der Waals surface area contributed by atoms with Crippen molar-refractivity contribution < 1.29 is 0 Å². The lowest BCUT2D eigenvalue weighted by atomic mass is 9.95. The highest BCUT2D eigenvalue weighted by atomic mass is 15.2. The van der Waals surface area contributed by atoms with Crippen LogP contribution in [0.4, 0.5) is 0 Å². The molecule has 2 fully saturated rings. The van der Waals surface area contributed by atoms with Gasteiger partial charge in [0.25, 0.3) is 0 Å². The molecule has 0 bridgehead atoms. The molecule has 0 unspecified atom stereocenters. The van der Waals surface area contributed by atoms with Crippen molar-refractivity contribution >= 4 is 0 Å². The van der Waals surface area contributed by atoms with Crippen LogP contribution < -0.4 is 5.32 Å². The molecule has 0 amide bonds. The molecule has 2 heteroatoms. The van der Waals surface area contributed by atoms with Gasteiger partial charge in [0.2, 0.25) is 0 Å². The maximum atomic E-state index is 3.75. The van der Waals surface area contributed by atoms with E-state index in [0.717, 1.165) is 12.1 Å². The summed E-state index contributed by atoms with van der Waals surface area (Å²) >= 11 is 0. The normalized spacial score (nSPS) is 22.9. The third-order valence-corrected chi connectivity index (χ3v) is 4.01. The average molecular weight is 224 g/mol. The van der Waals surface area contributed by atoms with Gasteiger partial charge in [0.1, 0.15) is 0 Å². The lowest BCUT2D eigenvalue weighted by molar-refractivity contribution is 0.253.